The first-order valence-corrected chi connectivity index (χ1v) is 39.1. The van der Waals surface area contributed by atoms with Gasteiger partial charge in [0.05, 0.1) is 33.8 Å². The second-order valence-electron chi connectivity index (χ2n) is 26.8. The van der Waals surface area contributed by atoms with Crippen molar-refractivity contribution in [3.63, 3.8) is 0 Å². The number of nitrogens with one attached hydrogen (secondary N) is 1. The molecule has 0 radical (unpaired) electrons. The molecule has 0 spiro atoms. The third kappa shape index (κ3) is 67.9. The summed E-state index contributed by atoms with van der Waals surface area (Å²) in [6.07, 6.45) is 86.4. The first-order valence-electron chi connectivity index (χ1n) is 37.6. The average Bonchev–Trinajstić information content (AvgIpc) is 3.69. The third-order valence-corrected chi connectivity index (χ3v) is 17.9. The molecule has 10 heteroatoms. The monoisotopic (exact) mass is 1240 g/mol. The van der Waals surface area contributed by atoms with E-state index in [1.807, 2.05) is 33.3 Å². The largest absolute Gasteiger partial charge is 0.756 e. The lowest BCUT2D eigenvalue weighted by Crippen LogP contribution is -2.47. The zero-order valence-corrected chi connectivity index (χ0v) is 59.4. The number of phosphoric ester groups is 1. The molecule has 0 aromatic rings. The Morgan fingerprint density at radius 2 is 0.701 bits per heavy atom. The fourth-order valence-corrected chi connectivity index (χ4v) is 11.9. The van der Waals surface area contributed by atoms with Crippen molar-refractivity contribution in [2.75, 3.05) is 40.9 Å². The Morgan fingerprint density at radius 3 is 1.07 bits per heavy atom. The fraction of sp³-hybridized carbons (Fsp3) is 0.844. The number of rotatable bonds is 69. The van der Waals surface area contributed by atoms with E-state index in [0.717, 1.165) is 89.9 Å². The number of likely N-dealkylation sites (N-methyl/N-ethyl adjacent to an activating group) is 1. The van der Waals surface area contributed by atoms with Gasteiger partial charge in [0.25, 0.3) is 7.82 Å². The van der Waals surface area contributed by atoms with Crippen molar-refractivity contribution in [3.8, 4) is 0 Å². The standard InChI is InChI=1S/C77H145N2O7P/c1-7-10-13-16-19-22-25-28-30-32-34-36-38-39-41-43-45-47-49-52-55-58-61-64-67-70-77(81)86-75(68-65-62-59-56-53-50-27-24-21-18-15-12-9-3)74(73-85-87(82,83)84-72-71-79(4,5)6)78-76(80)69-66-63-60-57-54-51-48-46-44-42-40-37-35-33-31-29-26-23-20-17-14-11-8-2/h20,23,29,31,35,37,42,44,65,68,74-75H,7-19,21-22,24-28,30,32-34,36,38-41,43,45-64,66-67,69-73H2,1-6H3,(H-,78,80,82,83)/b23-20-,31-29-,37-35-,44-42-,68-65+. The molecule has 1 N–H and O–H groups in total. The number of quaternary nitrogens is 1. The minimum Gasteiger partial charge on any atom is -0.756 e. The Kier molecular flexibility index (Phi) is 64.9. The molecule has 0 aliphatic carbocycles. The van der Waals surface area contributed by atoms with Crippen molar-refractivity contribution in [1.29, 1.82) is 0 Å². The molecule has 0 saturated heterocycles. The van der Waals surface area contributed by atoms with Crippen LogP contribution in [0.5, 0.6) is 0 Å². The summed E-state index contributed by atoms with van der Waals surface area (Å²) >= 11 is 0. The van der Waals surface area contributed by atoms with E-state index in [1.54, 1.807) is 0 Å². The highest BCUT2D eigenvalue weighted by molar-refractivity contribution is 7.45. The van der Waals surface area contributed by atoms with Gasteiger partial charge in [0.15, 0.2) is 0 Å². The maximum absolute atomic E-state index is 13.6. The maximum atomic E-state index is 13.6. The molecule has 0 fully saturated rings. The van der Waals surface area contributed by atoms with Crippen molar-refractivity contribution in [1.82, 2.24) is 5.32 Å². The summed E-state index contributed by atoms with van der Waals surface area (Å²) in [7, 11) is 1.19. The second-order valence-corrected chi connectivity index (χ2v) is 28.2. The highest BCUT2D eigenvalue weighted by Gasteiger charge is 2.27. The van der Waals surface area contributed by atoms with Gasteiger partial charge in [-0.25, -0.2) is 0 Å². The Labute approximate surface area is 541 Å². The molecule has 510 valence electrons. The SMILES string of the molecule is CCCCC/C=C\C/C=C\C/C=C\C/C=C\CCCCCCCCCC(=O)NC(COP(=O)([O-])OCC[N+](C)(C)C)C(/C=C/CCCCCCCCCCCCC)OC(=O)CCCCCCCCCCCCCCCCCCCCCCCCCCC. The summed E-state index contributed by atoms with van der Waals surface area (Å²) in [6, 6.07) is -0.895. The van der Waals surface area contributed by atoms with Crippen LogP contribution in [0.15, 0.2) is 60.8 Å². The van der Waals surface area contributed by atoms with Gasteiger partial charge in [0.2, 0.25) is 5.91 Å². The smallest absolute Gasteiger partial charge is 0.306 e. The highest BCUT2D eigenvalue weighted by Crippen LogP contribution is 2.38. The normalized spacial score (nSPS) is 13.8. The molecule has 0 aromatic carbocycles. The van der Waals surface area contributed by atoms with Crippen molar-refractivity contribution >= 4 is 19.7 Å². The maximum Gasteiger partial charge on any atom is 0.306 e. The van der Waals surface area contributed by atoms with Crippen LogP contribution in [0, 0.1) is 0 Å². The molecule has 0 saturated carbocycles. The summed E-state index contributed by atoms with van der Waals surface area (Å²) < 4.78 is 30.5. The van der Waals surface area contributed by atoms with Gasteiger partial charge in [0.1, 0.15) is 19.3 Å². The number of unbranched alkanes of at least 4 members (excludes halogenated alkanes) is 45. The summed E-state index contributed by atoms with van der Waals surface area (Å²) in [6.45, 7) is 6.87. The number of ether oxygens (including phenoxy) is 1. The van der Waals surface area contributed by atoms with Gasteiger partial charge >= 0.3 is 5.97 Å². The van der Waals surface area contributed by atoms with Gasteiger partial charge < -0.3 is 28.5 Å². The summed E-state index contributed by atoms with van der Waals surface area (Å²) in [5.74, 6) is -0.536. The van der Waals surface area contributed by atoms with Crippen LogP contribution < -0.4 is 10.2 Å². The molecule has 3 unspecified atom stereocenters. The van der Waals surface area contributed by atoms with Crippen LogP contribution in [0.4, 0.5) is 0 Å². The van der Waals surface area contributed by atoms with Gasteiger partial charge in [0, 0.05) is 12.8 Å². The molecular formula is C77H145N2O7P. The van der Waals surface area contributed by atoms with Crippen LogP contribution in [0.2, 0.25) is 0 Å². The molecule has 0 aromatic heterocycles. The van der Waals surface area contributed by atoms with E-state index in [9.17, 15) is 19.0 Å². The van der Waals surface area contributed by atoms with E-state index in [-0.39, 0.29) is 24.9 Å². The first kappa shape index (κ1) is 84.7. The molecule has 1 amide bonds. The number of allylic oxidation sites excluding steroid dienone is 9. The van der Waals surface area contributed by atoms with E-state index in [0.29, 0.717) is 17.4 Å². The molecule has 3 atom stereocenters. The van der Waals surface area contributed by atoms with Crippen LogP contribution in [-0.2, 0) is 27.9 Å². The fourth-order valence-electron chi connectivity index (χ4n) is 11.2. The van der Waals surface area contributed by atoms with Crippen LogP contribution >= 0.6 is 7.82 Å². The lowest BCUT2D eigenvalue weighted by Gasteiger charge is -2.30. The predicted octanol–water partition coefficient (Wildman–Crippen LogP) is 23.5. The van der Waals surface area contributed by atoms with E-state index in [4.69, 9.17) is 13.8 Å². The Bertz CT molecular complexity index is 1670. The van der Waals surface area contributed by atoms with Crippen molar-refractivity contribution in [2.45, 2.75) is 380 Å². The van der Waals surface area contributed by atoms with Gasteiger partial charge in [-0.1, -0.05) is 339 Å². The first-order chi connectivity index (χ1) is 42.4. The Morgan fingerprint density at radius 1 is 0.402 bits per heavy atom. The summed E-state index contributed by atoms with van der Waals surface area (Å²) in [4.78, 5) is 40.3. The molecule has 0 aliphatic heterocycles. The number of hydrogen-bond donors (Lipinski definition) is 1. The van der Waals surface area contributed by atoms with Crippen LogP contribution in [0.3, 0.4) is 0 Å². The van der Waals surface area contributed by atoms with E-state index < -0.39 is 26.6 Å². The molecule has 0 aliphatic rings. The van der Waals surface area contributed by atoms with Gasteiger partial charge in [-0.3, -0.25) is 14.2 Å². The zero-order chi connectivity index (χ0) is 63.5. The number of esters is 1. The Hall–Kier alpha value is -2.29. The van der Waals surface area contributed by atoms with E-state index in [2.05, 4.69) is 74.7 Å². The topological polar surface area (TPSA) is 114 Å². The predicted molar refractivity (Wildman–Crippen MR) is 376 cm³/mol. The number of carbonyl (C=O) groups is 2. The van der Waals surface area contributed by atoms with E-state index >= 15 is 0 Å². The minimum atomic E-state index is -4.71. The molecule has 0 bridgehead atoms. The van der Waals surface area contributed by atoms with Gasteiger partial charge in [-0.05, 0) is 76.7 Å². The molecule has 87 heavy (non-hydrogen) atoms. The van der Waals surface area contributed by atoms with E-state index in [1.165, 1.54) is 244 Å². The quantitative estimate of drug-likeness (QED) is 0.0212. The van der Waals surface area contributed by atoms with Gasteiger partial charge in [-0.2, -0.15) is 0 Å². The molecule has 0 heterocycles. The van der Waals surface area contributed by atoms with Crippen molar-refractivity contribution in [2.24, 2.45) is 0 Å². The summed E-state index contributed by atoms with van der Waals surface area (Å²) in [5.41, 5.74) is 0. The number of hydrogen-bond acceptors (Lipinski definition) is 7. The molecular weight excluding hydrogens is 1100 g/mol. The van der Waals surface area contributed by atoms with Gasteiger partial charge in [-0.15, -0.1) is 0 Å². The van der Waals surface area contributed by atoms with Crippen LogP contribution in [-0.4, -0.2) is 69.4 Å². The molecule has 0 rings (SSSR count). The van der Waals surface area contributed by atoms with Crippen LogP contribution in [0.25, 0.3) is 0 Å². The number of carbonyl (C=O) groups excluding carboxylic acids is 2. The highest BCUT2D eigenvalue weighted by atomic mass is 31.2. The lowest BCUT2D eigenvalue weighted by atomic mass is 10.0. The lowest BCUT2D eigenvalue weighted by molar-refractivity contribution is -0.870. The van der Waals surface area contributed by atoms with Crippen molar-refractivity contribution < 1.29 is 37.3 Å². The Balaban J connectivity index is 5.05. The van der Waals surface area contributed by atoms with Crippen LogP contribution in [0.1, 0.15) is 367 Å². The average molecular weight is 1240 g/mol. The number of amides is 1. The third-order valence-electron chi connectivity index (χ3n) is 17.0. The van der Waals surface area contributed by atoms with Crippen molar-refractivity contribution in [3.05, 3.63) is 60.8 Å². The minimum absolute atomic E-state index is 0.0242. The number of nitrogens with zero attached hydrogens (tertiary/aromatic N) is 1. The molecule has 9 nitrogen and oxygen atoms in total. The summed E-state index contributed by atoms with van der Waals surface area (Å²) in [5, 5.41) is 3.05. The second kappa shape index (κ2) is 66.6. The number of phosphoric acid groups is 1. The zero-order valence-electron chi connectivity index (χ0n) is 58.5.